The van der Waals surface area contributed by atoms with E-state index in [9.17, 15) is 29.1 Å². The van der Waals surface area contributed by atoms with Gasteiger partial charge in [-0.1, -0.05) is 18.2 Å². The van der Waals surface area contributed by atoms with E-state index in [1.807, 2.05) is 0 Å². The number of hydrogen-bond donors (Lipinski definition) is 1. The summed E-state index contributed by atoms with van der Waals surface area (Å²) in [6.07, 6.45) is -5.61. The lowest BCUT2D eigenvalue weighted by Gasteiger charge is -2.46. The summed E-state index contributed by atoms with van der Waals surface area (Å²) < 4.78 is 27.0. The van der Waals surface area contributed by atoms with E-state index in [-0.39, 0.29) is 16.7 Å². The van der Waals surface area contributed by atoms with Crippen LogP contribution in [0.1, 0.15) is 55.4 Å². The third-order valence-corrected chi connectivity index (χ3v) is 5.57. The molecule has 36 heavy (non-hydrogen) atoms. The fourth-order valence-electron chi connectivity index (χ4n) is 3.20. The second-order valence-electron chi connectivity index (χ2n) is 8.16. The van der Waals surface area contributed by atoms with Crippen LogP contribution >= 0.6 is 0 Å². The van der Waals surface area contributed by atoms with Crippen LogP contribution in [-0.2, 0) is 47.7 Å². The SMILES string of the molecule is CC=C(C)C(=O)O[C@@H]1[C@H](OC(C)=O)[C@@H](OC(C)=O)[C@@H](OC(=O)C(C)=CC)[C@H](O)[C@H]1OC(=O)/C(C)=C\C. The van der Waals surface area contributed by atoms with Crippen LogP contribution in [0.5, 0.6) is 0 Å². The van der Waals surface area contributed by atoms with Gasteiger partial charge in [0.05, 0.1) is 0 Å². The molecule has 1 aliphatic carbocycles. The Morgan fingerprint density at radius 2 is 0.750 bits per heavy atom. The Bertz CT molecular complexity index is 959. The number of aliphatic hydroxyl groups is 1. The van der Waals surface area contributed by atoms with Crippen molar-refractivity contribution in [3.8, 4) is 0 Å². The highest BCUT2D eigenvalue weighted by molar-refractivity contribution is 5.89. The van der Waals surface area contributed by atoms with Crippen molar-refractivity contribution in [2.75, 3.05) is 0 Å². The van der Waals surface area contributed by atoms with Crippen LogP contribution in [0.2, 0.25) is 0 Å². The maximum absolute atomic E-state index is 12.7. The van der Waals surface area contributed by atoms with Crippen LogP contribution in [0, 0.1) is 0 Å². The molecule has 0 aliphatic heterocycles. The normalized spacial score (nSPS) is 27.0. The molecule has 0 radical (unpaired) electrons. The Morgan fingerprint density at radius 3 is 1.03 bits per heavy atom. The Morgan fingerprint density at radius 1 is 0.500 bits per heavy atom. The zero-order chi connectivity index (χ0) is 27.7. The highest BCUT2D eigenvalue weighted by atomic mass is 16.7. The highest BCUT2D eigenvalue weighted by Crippen LogP contribution is 2.33. The summed E-state index contributed by atoms with van der Waals surface area (Å²) >= 11 is 0. The summed E-state index contributed by atoms with van der Waals surface area (Å²) in [4.78, 5) is 61.8. The Labute approximate surface area is 210 Å². The van der Waals surface area contributed by atoms with Crippen LogP contribution in [0.4, 0.5) is 0 Å². The fourth-order valence-corrected chi connectivity index (χ4v) is 3.20. The van der Waals surface area contributed by atoms with Gasteiger partial charge in [-0.15, -0.1) is 0 Å². The van der Waals surface area contributed by atoms with E-state index in [1.165, 1.54) is 39.0 Å². The van der Waals surface area contributed by atoms with Gasteiger partial charge in [0, 0.05) is 30.6 Å². The number of ether oxygens (including phenoxy) is 5. The molecule has 11 heteroatoms. The van der Waals surface area contributed by atoms with Crippen LogP contribution in [-0.4, -0.2) is 71.6 Å². The molecule has 0 aromatic heterocycles. The summed E-state index contributed by atoms with van der Waals surface area (Å²) in [5.74, 6) is -4.31. The summed E-state index contributed by atoms with van der Waals surface area (Å²) in [5.41, 5.74) is 0.506. The third kappa shape index (κ3) is 7.77. The van der Waals surface area contributed by atoms with Gasteiger partial charge in [0.25, 0.3) is 0 Å². The quantitative estimate of drug-likeness (QED) is 0.289. The molecule has 1 rings (SSSR count). The highest BCUT2D eigenvalue weighted by Gasteiger charge is 2.59. The predicted octanol–water partition coefficient (Wildman–Crippen LogP) is 1.86. The number of rotatable bonds is 8. The Kier molecular flexibility index (Phi) is 11.5. The minimum atomic E-state index is -1.84. The van der Waals surface area contributed by atoms with Gasteiger partial charge >= 0.3 is 29.8 Å². The van der Waals surface area contributed by atoms with Crippen molar-refractivity contribution < 1.29 is 52.8 Å². The molecule has 1 aliphatic rings. The monoisotopic (exact) mass is 510 g/mol. The molecule has 0 unspecified atom stereocenters. The van der Waals surface area contributed by atoms with E-state index in [2.05, 4.69) is 0 Å². The van der Waals surface area contributed by atoms with Crippen molar-refractivity contribution in [2.24, 2.45) is 0 Å². The summed E-state index contributed by atoms with van der Waals surface area (Å²) in [6.45, 7) is 11.2. The maximum Gasteiger partial charge on any atom is 0.333 e. The van der Waals surface area contributed by atoms with E-state index >= 15 is 0 Å². The first-order valence-corrected chi connectivity index (χ1v) is 11.3. The number of hydrogen-bond acceptors (Lipinski definition) is 11. The Hall–Kier alpha value is -3.47. The Balaban J connectivity index is 3.72. The minimum absolute atomic E-state index is 0.168. The standard InChI is InChI=1S/C25H34O11/c1-9-12(4)23(29)34-18-17(28)19(35-24(30)13(5)10-2)21(36-25(31)14(6)11-3)22(33-16(8)27)20(18)32-15(7)26/h9-11,17-22,28H,1-8H3/b12-9?,13-10-,14-11?/t17-,18-,19+,20-,21-,22+/m0/s1. The van der Waals surface area contributed by atoms with Crippen LogP contribution in [0.25, 0.3) is 0 Å². The third-order valence-electron chi connectivity index (χ3n) is 5.57. The van der Waals surface area contributed by atoms with Crippen molar-refractivity contribution >= 4 is 29.8 Å². The molecule has 1 fully saturated rings. The van der Waals surface area contributed by atoms with E-state index < -0.39 is 66.5 Å². The zero-order valence-corrected chi connectivity index (χ0v) is 21.7. The van der Waals surface area contributed by atoms with E-state index in [4.69, 9.17) is 23.7 Å². The van der Waals surface area contributed by atoms with E-state index in [1.54, 1.807) is 20.8 Å². The van der Waals surface area contributed by atoms with Gasteiger partial charge in [-0.2, -0.15) is 0 Å². The molecule has 0 saturated heterocycles. The average molecular weight is 511 g/mol. The predicted molar refractivity (Wildman–Crippen MR) is 125 cm³/mol. The molecule has 1 N–H and O–H groups in total. The summed E-state index contributed by atoms with van der Waals surface area (Å²) in [7, 11) is 0. The molecule has 0 aromatic carbocycles. The lowest BCUT2D eigenvalue weighted by Crippen LogP contribution is -2.68. The molecule has 0 amide bonds. The fraction of sp³-hybridized carbons (Fsp3) is 0.560. The molecule has 11 nitrogen and oxygen atoms in total. The van der Waals surface area contributed by atoms with Gasteiger partial charge in [-0.25, -0.2) is 14.4 Å². The average Bonchev–Trinajstić information content (AvgIpc) is 2.83. The maximum atomic E-state index is 12.7. The molecular formula is C25H34O11. The second kappa shape index (κ2) is 13.6. The van der Waals surface area contributed by atoms with Gasteiger partial charge in [0.15, 0.2) is 30.5 Å². The molecule has 0 aromatic rings. The van der Waals surface area contributed by atoms with Crippen molar-refractivity contribution in [3.05, 3.63) is 34.9 Å². The first-order valence-electron chi connectivity index (χ1n) is 11.3. The van der Waals surface area contributed by atoms with Gasteiger partial charge in [-0.3, -0.25) is 9.59 Å². The molecular weight excluding hydrogens is 476 g/mol. The van der Waals surface area contributed by atoms with Crippen molar-refractivity contribution in [3.63, 3.8) is 0 Å². The van der Waals surface area contributed by atoms with Crippen LogP contribution < -0.4 is 0 Å². The number of aliphatic hydroxyl groups excluding tert-OH is 1. The molecule has 1 saturated carbocycles. The number of carbonyl (C=O) groups excluding carboxylic acids is 5. The molecule has 0 spiro atoms. The second-order valence-corrected chi connectivity index (χ2v) is 8.16. The van der Waals surface area contributed by atoms with E-state index in [0.29, 0.717) is 0 Å². The van der Waals surface area contributed by atoms with Gasteiger partial charge in [0.1, 0.15) is 6.10 Å². The first kappa shape index (κ1) is 30.6. The van der Waals surface area contributed by atoms with E-state index in [0.717, 1.165) is 13.8 Å². The minimum Gasteiger partial charge on any atom is -0.454 e. The summed E-state index contributed by atoms with van der Waals surface area (Å²) in [6, 6.07) is 0. The molecule has 0 heterocycles. The zero-order valence-electron chi connectivity index (χ0n) is 21.7. The number of carbonyl (C=O) groups is 5. The van der Waals surface area contributed by atoms with Crippen LogP contribution in [0.15, 0.2) is 34.9 Å². The lowest BCUT2D eigenvalue weighted by atomic mass is 9.83. The van der Waals surface area contributed by atoms with Crippen molar-refractivity contribution in [2.45, 2.75) is 92.0 Å². The summed E-state index contributed by atoms with van der Waals surface area (Å²) in [5, 5.41) is 11.2. The number of allylic oxidation sites excluding steroid dienone is 3. The van der Waals surface area contributed by atoms with Crippen molar-refractivity contribution in [1.82, 2.24) is 0 Å². The largest absolute Gasteiger partial charge is 0.454 e. The topological polar surface area (TPSA) is 152 Å². The molecule has 6 atom stereocenters. The lowest BCUT2D eigenvalue weighted by molar-refractivity contribution is -0.254. The van der Waals surface area contributed by atoms with Crippen molar-refractivity contribution in [1.29, 1.82) is 0 Å². The first-order chi connectivity index (χ1) is 16.8. The van der Waals surface area contributed by atoms with Crippen LogP contribution in [0.3, 0.4) is 0 Å². The van der Waals surface area contributed by atoms with Gasteiger partial charge in [0.2, 0.25) is 0 Å². The molecule has 200 valence electrons. The van der Waals surface area contributed by atoms with Gasteiger partial charge < -0.3 is 28.8 Å². The molecule has 0 bridgehead atoms. The van der Waals surface area contributed by atoms with Gasteiger partial charge in [-0.05, 0) is 41.5 Å². The smallest absolute Gasteiger partial charge is 0.333 e. The number of esters is 5.